The van der Waals surface area contributed by atoms with Crippen LogP contribution in [0.5, 0.6) is 5.75 Å². The van der Waals surface area contributed by atoms with Crippen LogP contribution in [0.15, 0.2) is 6.07 Å². The smallest absolute Gasteiger partial charge is 0.220 e. The molecule has 0 amide bonds. The molecule has 1 aromatic carbocycles. The maximum absolute atomic E-state index is 6.46. The van der Waals surface area contributed by atoms with Crippen molar-refractivity contribution < 1.29 is 4.74 Å². The predicted octanol–water partition coefficient (Wildman–Crippen LogP) is 3.46. The summed E-state index contributed by atoms with van der Waals surface area (Å²) in [6.45, 7) is 0.616. The Bertz CT molecular complexity index is 761. The van der Waals surface area contributed by atoms with Crippen LogP contribution in [0.3, 0.4) is 0 Å². The van der Waals surface area contributed by atoms with Crippen LogP contribution in [0.25, 0.3) is 11.3 Å². The Balaban J connectivity index is 2.03. The molecule has 0 unspecified atom stereocenters. The highest BCUT2D eigenvalue weighted by Crippen LogP contribution is 2.45. The first-order chi connectivity index (χ1) is 10.1. The van der Waals surface area contributed by atoms with Gasteiger partial charge in [-0.25, -0.2) is 9.97 Å². The van der Waals surface area contributed by atoms with E-state index in [1.165, 1.54) is 0 Å². The minimum atomic E-state index is 0.296. The van der Waals surface area contributed by atoms with Gasteiger partial charge in [0.05, 0.1) is 22.3 Å². The van der Waals surface area contributed by atoms with Gasteiger partial charge in [0.15, 0.2) is 0 Å². The summed E-state index contributed by atoms with van der Waals surface area (Å²) in [6, 6.07) is 1.72. The van der Waals surface area contributed by atoms with Gasteiger partial charge in [-0.2, -0.15) is 0 Å². The molecule has 2 aromatic rings. The van der Waals surface area contributed by atoms with Crippen molar-refractivity contribution >= 4 is 29.2 Å². The van der Waals surface area contributed by atoms with E-state index in [0.29, 0.717) is 22.6 Å². The fourth-order valence-electron chi connectivity index (χ4n) is 3.21. The Hall–Kier alpha value is -1.52. The summed E-state index contributed by atoms with van der Waals surface area (Å²) in [6.07, 6.45) is 3.76. The number of ether oxygens (including phenoxy) is 1. The Morgan fingerprint density at radius 1 is 1.05 bits per heavy atom. The van der Waals surface area contributed by atoms with E-state index in [9.17, 15) is 0 Å². The summed E-state index contributed by atoms with van der Waals surface area (Å²) in [5.74, 6) is 1.02. The Morgan fingerprint density at radius 3 is 2.76 bits per heavy atom. The van der Waals surface area contributed by atoms with Crippen molar-refractivity contribution in [3.63, 3.8) is 0 Å². The average Bonchev–Trinajstić information content (AvgIpc) is 3.06. The van der Waals surface area contributed by atoms with Gasteiger partial charge in [0.2, 0.25) is 5.95 Å². The lowest BCUT2D eigenvalue weighted by Crippen LogP contribution is -2.04. The van der Waals surface area contributed by atoms with Gasteiger partial charge in [-0.3, -0.25) is 0 Å². The molecule has 2 aliphatic rings. The molecule has 4 nitrogen and oxygen atoms in total. The lowest BCUT2D eigenvalue weighted by atomic mass is 9.98. The molecule has 0 saturated carbocycles. The van der Waals surface area contributed by atoms with Crippen molar-refractivity contribution in [3.8, 4) is 17.0 Å². The van der Waals surface area contributed by atoms with Gasteiger partial charge in [0, 0.05) is 28.8 Å². The molecule has 4 rings (SSSR count). The molecule has 108 valence electrons. The van der Waals surface area contributed by atoms with E-state index in [4.69, 9.17) is 33.7 Å². The fraction of sp³-hybridized carbons (Fsp3) is 0.333. The second kappa shape index (κ2) is 4.75. The Kier molecular flexibility index (Phi) is 2.98. The first kappa shape index (κ1) is 13.2. The minimum Gasteiger partial charge on any atom is -0.491 e. The predicted molar refractivity (Wildman–Crippen MR) is 83.1 cm³/mol. The van der Waals surface area contributed by atoms with Gasteiger partial charge in [-0.15, -0.1) is 0 Å². The van der Waals surface area contributed by atoms with Crippen molar-refractivity contribution in [1.29, 1.82) is 0 Å². The molecule has 1 aliphatic heterocycles. The minimum absolute atomic E-state index is 0.296. The van der Waals surface area contributed by atoms with Crippen LogP contribution in [0, 0.1) is 0 Å². The topological polar surface area (TPSA) is 61.0 Å². The average molecular weight is 322 g/mol. The van der Waals surface area contributed by atoms with Crippen LogP contribution in [0.4, 0.5) is 5.95 Å². The fourth-order valence-corrected chi connectivity index (χ4v) is 3.86. The summed E-state index contributed by atoms with van der Waals surface area (Å²) < 4.78 is 5.63. The van der Waals surface area contributed by atoms with Gasteiger partial charge < -0.3 is 10.5 Å². The van der Waals surface area contributed by atoms with E-state index < -0.39 is 0 Å². The zero-order valence-corrected chi connectivity index (χ0v) is 12.8. The number of rotatable bonds is 1. The SMILES string of the molecule is Nc1nc2c(c(-c3c(Cl)cc(Cl)c4c3CCO4)n1)CCC2. The highest BCUT2D eigenvalue weighted by Gasteiger charge is 2.28. The number of nitrogens with two attached hydrogens (primary N) is 1. The van der Waals surface area contributed by atoms with Crippen molar-refractivity contribution in [3.05, 3.63) is 32.9 Å². The third-order valence-electron chi connectivity index (χ3n) is 4.07. The molecular formula is C15H13Cl2N3O. The van der Waals surface area contributed by atoms with Crippen LogP contribution < -0.4 is 10.5 Å². The zero-order valence-electron chi connectivity index (χ0n) is 11.2. The molecule has 0 fully saturated rings. The number of benzene rings is 1. The second-order valence-corrected chi connectivity index (χ2v) is 6.14. The summed E-state index contributed by atoms with van der Waals surface area (Å²) in [5.41, 5.74) is 10.8. The standard InChI is InChI=1S/C15H13Cl2N3O/c16-9-6-10(17)14-8(4-5-21-14)12(9)13-7-2-1-3-11(7)19-15(18)20-13/h6H,1-5H2,(H2,18,19,20). The van der Waals surface area contributed by atoms with Crippen molar-refractivity contribution in [2.24, 2.45) is 0 Å². The molecule has 0 saturated heterocycles. The highest BCUT2D eigenvalue weighted by molar-refractivity contribution is 6.37. The third kappa shape index (κ3) is 1.97. The van der Waals surface area contributed by atoms with Gasteiger partial charge in [0.25, 0.3) is 0 Å². The van der Waals surface area contributed by atoms with Crippen LogP contribution in [-0.4, -0.2) is 16.6 Å². The van der Waals surface area contributed by atoms with E-state index in [1.54, 1.807) is 6.07 Å². The molecular weight excluding hydrogens is 309 g/mol. The Labute approximate surface area is 132 Å². The number of anilines is 1. The van der Waals surface area contributed by atoms with Crippen LogP contribution in [0.1, 0.15) is 23.2 Å². The maximum atomic E-state index is 6.46. The number of nitrogens with zero attached hydrogens (tertiary/aromatic N) is 2. The molecule has 1 aromatic heterocycles. The van der Waals surface area contributed by atoms with E-state index in [2.05, 4.69) is 9.97 Å². The summed E-state index contributed by atoms with van der Waals surface area (Å²) in [4.78, 5) is 8.81. The van der Waals surface area contributed by atoms with E-state index in [-0.39, 0.29) is 0 Å². The number of halogens is 2. The molecule has 0 atom stereocenters. The normalized spacial score (nSPS) is 15.7. The largest absolute Gasteiger partial charge is 0.491 e. The molecule has 21 heavy (non-hydrogen) atoms. The van der Waals surface area contributed by atoms with Gasteiger partial charge in [-0.1, -0.05) is 23.2 Å². The number of nitrogen functional groups attached to an aromatic ring is 1. The molecule has 1 aliphatic carbocycles. The van der Waals surface area contributed by atoms with Gasteiger partial charge in [0.1, 0.15) is 5.75 Å². The first-order valence-electron chi connectivity index (χ1n) is 6.94. The summed E-state index contributed by atoms with van der Waals surface area (Å²) in [7, 11) is 0. The molecule has 0 radical (unpaired) electrons. The number of aryl methyl sites for hydroxylation is 1. The lowest BCUT2D eigenvalue weighted by Gasteiger charge is -2.14. The van der Waals surface area contributed by atoms with Crippen molar-refractivity contribution in [2.75, 3.05) is 12.3 Å². The maximum Gasteiger partial charge on any atom is 0.220 e. The van der Waals surface area contributed by atoms with E-state index >= 15 is 0 Å². The monoisotopic (exact) mass is 321 g/mol. The lowest BCUT2D eigenvalue weighted by molar-refractivity contribution is 0.357. The quantitative estimate of drug-likeness (QED) is 0.873. The number of aromatic nitrogens is 2. The van der Waals surface area contributed by atoms with Gasteiger partial charge in [-0.05, 0) is 25.3 Å². The van der Waals surface area contributed by atoms with Crippen LogP contribution in [-0.2, 0) is 19.3 Å². The first-order valence-corrected chi connectivity index (χ1v) is 7.70. The van der Waals surface area contributed by atoms with Crippen molar-refractivity contribution in [1.82, 2.24) is 9.97 Å². The molecule has 0 bridgehead atoms. The summed E-state index contributed by atoms with van der Waals surface area (Å²) in [5, 5.41) is 1.14. The highest BCUT2D eigenvalue weighted by atomic mass is 35.5. The number of hydrogen-bond acceptors (Lipinski definition) is 4. The van der Waals surface area contributed by atoms with Gasteiger partial charge >= 0.3 is 0 Å². The van der Waals surface area contributed by atoms with E-state index in [0.717, 1.165) is 59.5 Å². The van der Waals surface area contributed by atoms with Crippen LogP contribution in [0.2, 0.25) is 10.0 Å². The third-order valence-corrected chi connectivity index (χ3v) is 4.65. The number of fused-ring (bicyclic) bond motifs is 2. The molecule has 2 N–H and O–H groups in total. The van der Waals surface area contributed by atoms with Crippen molar-refractivity contribution in [2.45, 2.75) is 25.7 Å². The molecule has 0 spiro atoms. The second-order valence-electron chi connectivity index (χ2n) is 5.33. The van der Waals surface area contributed by atoms with E-state index in [1.807, 2.05) is 0 Å². The summed E-state index contributed by atoms with van der Waals surface area (Å²) >= 11 is 12.7. The Morgan fingerprint density at radius 2 is 1.90 bits per heavy atom. The van der Waals surface area contributed by atoms with Crippen LogP contribution >= 0.6 is 23.2 Å². The zero-order chi connectivity index (χ0) is 14.6. The molecule has 2 heterocycles. The number of hydrogen-bond donors (Lipinski definition) is 1. The molecule has 6 heteroatoms.